The van der Waals surface area contributed by atoms with Crippen LogP contribution in [0.2, 0.25) is 0 Å². The standard InChI is InChI=1S/C17H20BrNO/c1-3-17(19-4-2)13-6-5-7-16(12-13)20-15-10-8-14(18)9-11-15/h5-12,17,19H,3-4H2,1-2H3. The summed E-state index contributed by atoms with van der Waals surface area (Å²) in [4.78, 5) is 0. The zero-order valence-corrected chi connectivity index (χ0v) is 13.5. The minimum Gasteiger partial charge on any atom is -0.457 e. The van der Waals surface area contributed by atoms with Gasteiger partial charge in [0.1, 0.15) is 11.5 Å². The van der Waals surface area contributed by atoms with Crippen LogP contribution >= 0.6 is 15.9 Å². The van der Waals surface area contributed by atoms with Gasteiger partial charge >= 0.3 is 0 Å². The molecule has 3 heteroatoms. The fourth-order valence-electron chi connectivity index (χ4n) is 2.18. The van der Waals surface area contributed by atoms with Crippen molar-refractivity contribution in [3.05, 3.63) is 58.6 Å². The van der Waals surface area contributed by atoms with Crippen LogP contribution in [0.3, 0.4) is 0 Å². The van der Waals surface area contributed by atoms with E-state index in [1.54, 1.807) is 0 Å². The second-order valence-electron chi connectivity index (χ2n) is 4.65. The molecule has 1 unspecified atom stereocenters. The molecule has 2 rings (SSSR count). The average molecular weight is 334 g/mol. The Kier molecular flexibility index (Phi) is 5.62. The third-order valence-electron chi connectivity index (χ3n) is 3.17. The van der Waals surface area contributed by atoms with E-state index in [4.69, 9.17) is 4.74 Å². The Balaban J connectivity index is 2.14. The fourth-order valence-corrected chi connectivity index (χ4v) is 2.44. The zero-order chi connectivity index (χ0) is 14.4. The monoisotopic (exact) mass is 333 g/mol. The molecule has 0 spiro atoms. The van der Waals surface area contributed by atoms with Crippen LogP contribution in [0.15, 0.2) is 53.0 Å². The van der Waals surface area contributed by atoms with E-state index in [1.165, 1.54) is 5.56 Å². The van der Waals surface area contributed by atoms with Gasteiger partial charge in [-0.15, -0.1) is 0 Å². The Hall–Kier alpha value is -1.32. The van der Waals surface area contributed by atoms with E-state index in [2.05, 4.69) is 47.2 Å². The molecule has 106 valence electrons. The van der Waals surface area contributed by atoms with Crippen LogP contribution in [0.25, 0.3) is 0 Å². The van der Waals surface area contributed by atoms with Crippen LogP contribution in [-0.4, -0.2) is 6.54 Å². The van der Waals surface area contributed by atoms with Gasteiger partial charge in [0.05, 0.1) is 0 Å². The van der Waals surface area contributed by atoms with Crippen molar-refractivity contribution in [1.82, 2.24) is 5.32 Å². The molecule has 0 aromatic heterocycles. The van der Waals surface area contributed by atoms with Crippen molar-refractivity contribution in [2.75, 3.05) is 6.54 Å². The van der Waals surface area contributed by atoms with Gasteiger partial charge in [-0.3, -0.25) is 0 Å². The van der Waals surface area contributed by atoms with Gasteiger partial charge < -0.3 is 10.1 Å². The predicted molar refractivity (Wildman–Crippen MR) is 87.4 cm³/mol. The Morgan fingerprint density at radius 1 is 1.05 bits per heavy atom. The average Bonchev–Trinajstić information content (AvgIpc) is 2.47. The maximum Gasteiger partial charge on any atom is 0.127 e. The lowest BCUT2D eigenvalue weighted by molar-refractivity contribution is 0.477. The van der Waals surface area contributed by atoms with Gasteiger partial charge in [-0.05, 0) is 54.9 Å². The first-order valence-corrected chi connectivity index (χ1v) is 7.79. The number of benzene rings is 2. The van der Waals surface area contributed by atoms with E-state index in [0.29, 0.717) is 6.04 Å². The van der Waals surface area contributed by atoms with Gasteiger partial charge in [0.15, 0.2) is 0 Å². The summed E-state index contributed by atoms with van der Waals surface area (Å²) in [5, 5.41) is 3.49. The van der Waals surface area contributed by atoms with Gasteiger partial charge in [0.25, 0.3) is 0 Å². The molecule has 0 aliphatic heterocycles. The zero-order valence-electron chi connectivity index (χ0n) is 11.9. The molecule has 0 aliphatic rings. The van der Waals surface area contributed by atoms with Crippen LogP contribution in [0, 0.1) is 0 Å². The fraction of sp³-hybridized carbons (Fsp3) is 0.294. The maximum absolute atomic E-state index is 5.90. The lowest BCUT2D eigenvalue weighted by Crippen LogP contribution is -2.19. The minimum atomic E-state index is 0.383. The van der Waals surface area contributed by atoms with E-state index in [-0.39, 0.29) is 0 Å². The molecule has 0 fully saturated rings. The summed E-state index contributed by atoms with van der Waals surface area (Å²) in [5.41, 5.74) is 1.27. The van der Waals surface area contributed by atoms with Crippen molar-refractivity contribution in [3.8, 4) is 11.5 Å². The highest BCUT2D eigenvalue weighted by atomic mass is 79.9. The quantitative estimate of drug-likeness (QED) is 0.774. The topological polar surface area (TPSA) is 21.3 Å². The molecule has 0 radical (unpaired) electrons. The molecule has 1 N–H and O–H groups in total. The molecule has 0 saturated heterocycles. The summed E-state index contributed by atoms with van der Waals surface area (Å²) in [6, 6.07) is 16.5. The summed E-state index contributed by atoms with van der Waals surface area (Å²) < 4.78 is 6.95. The molecule has 0 saturated carbocycles. The van der Waals surface area contributed by atoms with E-state index in [9.17, 15) is 0 Å². The molecule has 0 bridgehead atoms. The summed E-state index contributed by atoms with van der Waals surface area (Å²) in [6.45, 7) is 5.29. The van der Waals surface area contributed by atoms with Crippen LogP contribution in [0.4, 0.5) is 0 Å². The van der Waals surface area contributed by atoms with Crippen molar-refractivity contribution in [1.29, 1.82) is 0 Å². The third-order valence-corrected chi connectivity index (χ3v) is 3.70. The van der Waals surface area contributed by atoms with Gasteiger partial charge in [-0.25, -0.2) is 0 Å². The molecule has 2 aromatic rings. The molecule has 2 aromatic carbocycles. The lowest BCUT2D eigenvalue weighted by Gasteiger charge is -2.17. The Morgan fingerprint density at radius 2 is 1.80 bits per heavy atom. The summed E-state index contributed by atoms with van der Waals surface area (Å²) in [7, 11) is 0. The van der Waals surface area contributed by atoms with E-state index in [0.717, 1.165) is 28.9 Å². The minimum absolute atomic E-state index is 0.383. The molecular formula is C17H20BrNO. The lowest BCUT2D eigenvalue weighted by atomic mass is 10.0. The number of halogens is 1. The van der Waals surface area contributed by atoms with Gasteiger partial charge in [-0.2, -0.15) is 0 Å². The first kappa shape index (κ1) is 15.1. The summed E-state index contributed by atoms with van der Waals surface area (Å²) in [6.07, 6.45) is 1.07. The van der Waals surface area contributed by atoms with Crippen LogP contribution in [0.1, 0.15) is 31.9 Å². The third kappa shape index (κ3) is 4.09. The number of rotatable bonds is 6. The molecule has 0 aliphatic carbocycles. The Morgan fingerprint density at radius 3 is 2.45 bits per heavy atom. The Labute approximate surface area is 129 Å². The van der Waals surface area contributed by atoms with Crippen LogP contribution < -0.4 is 10.1 Å². The SMILES string of the molecule is CCNC(CC)c1cccc(Oc2ccc(Br)cc2)c1. The van der Waals surface area contributed by atoms with E-state index < -0.39 is 0 Å². The number of ether oxygens (including phenoxy) is 1. The number of hydrogen-bond donors (Lipinski definition) is 1. The van der Waals surface area contributed by atoms with Gasteiger partial charge in [0.2, 0.25) is 0 Å². The second kappa shape index (κ2) is 7.46. The first-order chi connectivity index (χ1) is 9.72. The predicted octanol–water partition coefficient (Wildman–Crippen LogP) is 5.30. The van der Waals surface area contributed by atoms with Gasteiger partial charge in [-0.1, -0.05) is 41.9 Å². The van der Waals surface area contributed by atoms with Crippen molar-refractivity contribution < 1.29 is 4.74 Å². The van der Waals surface area contributed by atoms with Crippen molar-refractivity contribution >= 4 is 15.9 Å². The molecule has 1 atom stereocenters. The van der Waals surface area contributed by atoms with Crippen molar-refractivity contribution in [2.24, 2.45) is 0 Å². The van der Waals surface area contributed by atoms with Gasteiger partial charge in [0, 0.05) is 10.5 Å². The number of hydrogen-bond acceptors (Lipinski definition) is 2. The Bertz CT molecular complexity index is 539. The highest BCUT2D eigenvalue weighted by Crippen LogP contribution is 2.26. The van der Waals surface area contributed by atoms with Crippen molar-refractivity contribution in [3.63, 3.8) is 0 Å². The van der Waals surface area contributed by atoms with E-state index in [1.807, 2.05) is 36.4 Å². The molecule has 0 amide bonds. The smallest absolute Gasteiger partial charge is 0.127 e. The molecular weight excluding hydrogens is 314 g/mol. The second-order valence-corrected chi connectivity index (χ2v) is 5.56. The highest BCUT2D eigenvalue weighted by molar-refractivity contribution is 9.10. The van der Waals surface area contributed by atoms with Crippen molar-refractivity contribution in [2.45, 2.75) is 26.3 Å². The van der Waals surface area contributed by atoms with E-state index >= 15 is 0 Å². The first-order valence-electron chi connectivity index (χ1n) is 6.99. The van der Waals surface area contributed by atoms with Crippen LogP contribution in [-0.2, 0) is 0 Å². The molecule has 0 heterocycles. The largest absolute Gasteiger partial charge is 0.457 e. The number of nitrogens with one attached hydrogen (secondary N) is 1. The summed E-state index contributed by atoms with van der Waals surface area (Å²) in [5.74, 6) is 1.73. The maximum atomic E-state index is 5.90. The van der Waals surface area contributed by atoms with Crippen LogP contribution in [0.5, 0.6) is 11.5 Å². The molecule has 2 nitrogen and oxygen atoms in total. The molecule has 20 heavy (non-hydrogen) atoms. The normalized spacial score (nSPS) is 12.2. The highest BCUT2D eigenvalue weighted by Gasteiger charge is 2.08. The summed E-state index contributed by atoms with van der Waals surface area (Å²) >= 11 is 3.42.